The molecular weight excluding hydrogens is 305 g/mol. The number of hydrogen-bond donors (Lipinski definition) is 1. The second-order valence-corrected chi connectivity index (χ2v) is 6.08. The smallest absolute Gasteiger partial charge is 0.0870 e. The molecule has 1 atom stereocenters. The van der Waals surface area contributed by atoms with Crippen LogP contribution in [0.2, 0.25) is 10.0 Å². The summed E-state index contributed by atoms with van der Waals surface area (Å²) in [4.78, 5) is 0. The molecule has 1 aromatic carbocycles. The molecule has 120 valence electrons. The number of benzene rings is 1. The molecule has 0 aromatic heterocycles. The first-order chi connectivity index (χ1) is 10.0. The summed E-state index contributed by atoms with van der Waals surface area (Å²) in [5.41, 5.74) is 0.913. The van der Waals surface area contributed by atoms with E-state index < -0.39 is 0 Å². The number of rotatable bonds is 9. The summed E-state index contributed by atoms with van der Waals surface area (Å²) in [6.07, 6.45) is 2.96. The Hall–Kier alpha value is -0.280. The first-order valence-electron chi connectivity index (χ1n) is 7.86. The van der Waals surface area contributed by atoms with Crippen LogP contribution in [0.15, 0.2) is 18.2 Å². The molecule has 0 aliphatic rings. The molecule has 0 bridgehead atoms. The Bertz CT molecular complexity index is 433. The van der Waals surface area contributed by atoms with Crippen molar-refractivity contribution in [1.82, 2.24) is 5.32 Å². The van der Waals surface area contributed by atoms with Crippen molar-refractivity contribution in [2.24, 2.45) is 0 Å². The van der Waals surface area contributed by atoms with Crippen molar-refractivity contribution in [3.05, 3.63) is 33.8 Å². The largest absolute Gasteiger partial charge is 0.373 e. The Morgan fingerprint density at radius 3 is 2.24 bits per heavy atom. The molecule has 0 spiro atoms. The fourth-order valence-electron chi connectivity index (χ4n) is 2.82. The lowest BCUT2D eigenvalue weighted by molar-refractivity contribution is -0.0732. The zero-order valence-electron chi connectivity index (χ0n) is 13.5. The van der Waals surface area contributed by atoms with Gasteiger partial charge in [-0.05, 0) is 50.4 Å². The molecule has 0 heterocycles. The lowest BCUT2D eigenvalue weighted by Crippen LogP contribution is -2.45. The molecule has 1 rings (SSSR count). The van der Waals surface area contributed by atoms with Crippen LogP contribution in [0.1, 0.15) is 58.6 Å². The van der Waals surface area contributed by atoms with E-state index in [1.807, 2.05) is 25.1 Å². The molecule has 0 aliphatic heterocycles. The van der Waals surface area contributed by atoms with Crippen molar-refractivity contribution in [2.75, 3.05) is 13.2 Å². The lowest BCUT2D eigenvalue weighted by Gasteiger charge is -2.40. The van der Waals surface area contributed by atoms with E-state index in [0.717, 1.165) is 31.4 Å². The first-order valence-corrected chi connectivity index (χ1v) is 8.62. The van der Waals surface area contributed by atoms with Gasteiger partial charge in [0.2, 0.25) is 0 Å². The van der Waals surface area contributed by atoms with Crippen LogP contribution in [-0.2, 0) is 4.74 Å². The SMILES string of the molecule is CCCNC(c1ccc(Cl)c(Cl)c1)C(CC)(CC)OCC. The van der Waals surface area contributed by atoms with Gasteiger partial charge in [0.05, 0.1) is 21.7 Å². The molecule has 1 aromatic rings. The molecule has 0 aliphatic carbocycles. The van der Waals surface area contributed by atoms with Gasteiger partial charge >= 0.3 is 0 Å². The van der Waals surface area contributed by atoms with Gasteiger partial charge in [-0.1, -0.05) is 50.0 Å². The van der Waals surface area contributed by atoms with Crippen molar-refractivity contribution in [2.45, 2.75) is 58.6 Å². The summed E-state index contributed by atoms with van der Waals surface area (Å²) in [7, 11) is 0. The maximum Gasteiger partial charge on any atom is 0.0870 e. The van der Waals surface area contributed by atoms with Crippen LogP contribution in [0.4, 0.5) is 0 Å². The fraction of sp³-hybridized carbons (Fsp3) is 0.647. The maximum absolute atomic E-state index is 6.20. The minimum atomic E-state index is -0.221. The van der Waals surface area contributed by atoms with Crippen LogP contribution >= 0.6 is 23.2 Å². The van der Waals surface area contributed by atoms with Gasteiger partial charge in [0.1, 0.15) is 0 Å². The van der Waals surface area contributed by atoms with E-state index in [1.165, 1.54) is 0 Å². The standard InChI is InChI=1S/C17H27Cl2NO/c1-5-11-20-16(17(6-2,7-3)21-8-4)13-9-10-14(18)15(19)12-13/h9-10,12,16,20H,5-8,11H2,1-4H3. The van der Waals surface area contributed by atoms with Crippen molar-refractivity contribution in [3.63, 3.8) is 0 Å². The van der Waals surface area contributed by atoms with E-state index in [9.17, 15) is 0 Å². The van der Waals surface area contributed by atoms with Gasteiger partial charge < -0.3 is 10.1 Å². The highest BCUT2D eigenvalue weighted by Crippen LogP contribution is 2.37. The predicted octanol–water partition coefficient (Wildman–Crippen LogP) is 5.63. The van der Waals surface area contributed by atoms with Gasteiger partial charge in [-0.2, -0.15) is 0 Å². The summed E-state index contributed by atoms with van der Waals surface area (Å²) in [6.45, 7) is 10.2. The molecule has 21 heavy (non-hydrogen) atoms. The second-order valence-electron chi connectivity index (χ2n) is 5.27. The molecule has 2 nitrogen and oxygen atoms in total. The molecule has 4 heteroatoms. The molecule has 0 fully saturated rings. The van der Waals surface area contributed by atoms with Crippen LogP contribution in [0.5, 0.6) is 0 Å². The minimum absolute atomic E-state index is 0.113. The third kappa shape index (κ3) is 4.59. The van der Waals surface area contributed by atoms with Crippen molar-refractivity contribution in [1.29, 1.82) is 0 Å². The van der Waals surface area contributed by atoms with Gasteiger partial charge in [0, 0.05) is 6.61 Å². The highest BCUT2D eigenvalue weighted by molar-refractivity contribution is 6.42. The zero-order valence-corrected chi connectivity index (χ0v) is 15.0. The third-order valence-corrected chi connectivity index (χ3v) is 4.77. The van der Waals surface area contributed by atoms with Gasteiger partial charge in [-0.25, -0.2) is 0 Å². The molecule has 1 unspecified atom stereocenters. The van der Waals surface area contributed by atoms with Crippen LogP contribution in [-0.4, -0.2) is 18.8 Å². The summed E-state index contributed by atoms with van der Waals surface area (Å²) >= 11 is 12.3. The quantitative estimate of drug-likeness (QED) is 0.633. The van der Waals surface area contributed by atoms with Crippen LogP contribution in [0.25, 0.3) is 0 Å². The van der Waals surface area contributed by atoms with Crippen molar-refractivity contribution in [3.8, 4) is 0 Å². The molecule has 1 N–H and O–H groups in total. The van der Waals surface area contributed by atoms with E-state index in [4.69, 9.17) is 27.9 Å². The summed E-state index contributed by atoms with van der Waals surface area (Å²) in [6, 6.07) is 5.97. The average molecular weight is 332 g/mol. The fourth-order valence-corrected chi connectivity index (χ4v) is 3.13. The monoisotopic (exact) mass is 331 g/mol. The Morgan fingerprint density at radius 1 is 1.10 bits per heavy atom. The number of halogens is 2. The van der Waals surface area contributed by atoms with E-state index in [2.05, 4.69) is 26.1 Å². The van der Waals surface area contributed by atoms with E-state index >= 15 is 0 Å². The van der Waals surface area contributed by atoms with Crippen LogP contribution in [0, 0.1) is 0 Å². The maximum atomic E-state index is 6.20. The molecule has 0 saturated heterocycles. The minimum Gasteiger partial charge on any atom is -0.373 e. The summed E-state index contributed by atoms with van der Waals surface area (Å²) < 4.78 is 6.17. The number of nitrogens with one attached hydrogen (secondary N) is 1. The van der Waals surface area contributed by atoms with Crippen LogP contribution in [0.3, 0.4) is 0 Å². The van der Waals surface area contributed by atoms with Gasteiger partial charge in [-0.3, -0.25) is 0 Å². The van der Waals surface area contributed by atoms with E-state index in [1.54, 1.807) is 0 Å². The van der Waals surface area contributed by atoms with E-state index in [0.29, 0.717) is 16.7 Å². The molecule has 0 amide bonds. The predicted molar refractivity (Wildman–Crippen MR) is 92.4 cm³/mol. The Kier molecular flexibility index (Phi) is 8.04. The average Bonchev–Trinajstić information content (AvgIpc) is 2.49. The first kappa shape index (κ1) is 18.8. The zero-order chi connectivity index (χ0) is 15.9. The molecule has 0 saturated carbocycles. The molecule has 0 radical (unpaired) electrons. The van der Waals surface area contributed by atoms with E-state index in [-0.39, 0.29) is 11.6 Å². The summed E-state index contributed by atoms with van der Waals surface area (Å²) in [5.74, 6) is 0. The topological polar surface area (TPSA) is 21.3 Å². The lowest BCUT2D eigenvalue weighted by atomic mass is 9.83. The van der Waals surface area contributed by atoms with Crippen molar-refractivity contribution < 1.29 is 4.74 Å². The Balaban J connectivity index is 3.21. The number of hydrogen-bond acceptors (Lipinski definition) is 2. The normalized spacial score (nSPS) is 13.4. The second kappa shape index (κ2) is 8.99. The van der Waals surface area contributed by atoms with Gasteiger partial charge in [0.25, 0.3) is 0 Å². The van der Waals surface area contributed by atoms with Crippen molar-refractivity contribution >= 4 is 23.2 Å². The Labute approximate surface area is 139 Å². The Morgan fingerprint density at radius 2 is 1.76 bits per heavy atom. The van der Waals surface area contributed by atoms with Gasteiger partial charge in [-0.15, -0.1) is 0 Å². The number of ether oxygens (including phenoxy) is 1. The molecular formula is C17H27Cl2NO. The summed E-state index contributed by atoms with van der Waals surface area (Å²) in [5, 5.41) is 4.81. The highest BCUT2D eigenvalue weighted by Gasteiger charge is 2.37. The highest BCUT2D eigenvalue weighted by atomic mass is 35.5. The van der Waals surface area contributed by atoms with Gasteiger partial charge in [0.15, 0.2) is 0 Å². The van der Waals surface area contributed by atoms with Crippen LogP contribution < -0.4 is 5.32 Å². The third-order valence-electron chi connectivity index (χ3n) is 4.03.